The monoisotopic (exact) mass is 381 g/mol. The van der Waals surface area contributed by atoms with Gasteiger partial charge in [-0.15, -0.1) is 13.2 Å². The number of ether oxygens (including phenoxy) is 1. The number of thioether (sulfide) groups is 1. The Kier molecular flexibility index (Phi) is 5.08. The van der Waals surface area contributed by atoms with Crippen molar-refractivity contribution in [3.63, 3.8) is 0 Å². The summed E-state index contributed by atoms with van der Waals surface area (Å²) in [5, 5.41) is 3.23. The number of amides is 1. The number of aromatic nitrogens is 2. The van der Waals surface area contributed by atoms with Gasteiger partial charge in [0.1, 0.15) is 5.75 Å². The number of halogens is 3. The Bertz CT molecular complexity index is 923. The van der Waals surface area contributed by atoms with Crippen LogP contribution in [0.4, 0.5) is 18.9 Å². The molecule has 0 saturated heterocycles. The van der Waals surface area contributed by atoms with Crippen LogP contribution in [0.3, 0.4) is 0 Å². The van der Waals surface area contributed by atoms with Gasteiger partial charge in [0.15, 0.2) is 5.16 Å². The molecule has 2 N–H and O–H groups in total. The Hall–Kier alpha value is -2.68. The maximum absolute atomic E-state index is 12.1. The predicted octanol–water partition coefficient (Wildman–Crippen LogP) is 4.50. The Morgan fingerprint density at radius 3 is 2.65 bits per heavy atom. The Morgan fingerprint density at radius 2 is 1.96 bits per heavy atom. The van der Waals surface area contributed by atoms with Gasteiger partial charge in [0.05, 0.1) is 16.8 Å². The molecule has 1 amide bonds. The van der Waals surface area contributed by atoms with Crippen LogP contribution in [0.1, 0.15) is 5.56 Å². The first-order chi connectivity index (χ1) is 12.3. The first kappa shape index (κ1) is 18.1. The average molecular weight is 381 g/mol. The van der Waals surface area contributed by atoms with Crippen LogP contribution in [0, 0.1) is 6.92 Å². The molecular formula is C17H14F3N3O2S. The number of hydrogen-bond acceptors (Lipinski definition) is 4. The molecule has 3 aromatic rings. The number of aromatic amines is 1. The highest BCUT2D eigenvalue weighted by Crippen LogP contribution is 2.24. The van der Waals surface area contributed by atoms with E-state index in [1.54, 1.807) is 0 Å². The van der Waals surface area contributed by atoms with Crippen molar-refractivity contribution in [3.8, 4) is 5.75 Å². The van der Waals surface area contributed by atoms with Gasteiger partial charge in [-0.3, -0.25) is 4.79 Å². The number of rotatable bonds is 5. The molecule has 0 saturated carbocycles. The SMILES string of the molecule is Cc1ccc2nc(SCC(=O)Nc3ccc(OC(F)(F)F)cc3)[nH]c2c1. The van der Waals surface area contributed by atoms with Crippen LogP contribution >= 0.6 is 11.8 Å². The zero-order valence-corrected chi connectivity index (χ0v) is 14.4. The van der Waals surface area contributed by atoms with Crippen molar-refractivity contribution in [1.29, 1.82) is 0 Å². The van der Waals surface area contributed by atoms with Gasteiger partial charge in [0, 0.05) is 5.69 Å². The third-order valence-electron chi connectivity index (χ3n) is 3.33. The molecule has 0 radical (unpaired) electrons. The van der Waals surface area contributed by atoms with E-state index in [-0.39, 0.29) is 17.4 Å². The van der Waals surface area contributed by atoms with E-state index in [4.69, 9.17) is 0 Å². The van der Waals surface area contributed by atoms with Gasteiger partial charge in [-0.2, -0.15) is 0 Å². The van der Waals surface area contributed by atoms with Gasteiger partial charge < -0.3 is 15.0 Å². The lowest BCUT2D eigenvalue weighted by molar-refractivity contribution is -0.274. The summed E-state index contributed by atoms with van der Waals surface area (Å²) in [5.41, 5.74) is 3.20. The zero-order valence-electron chi connectivity index (χ0n) is 13.6. The van der Waals surface area contributed by atoms with Crippen molar-refractivity contribution in [1.82, 2.24) is 9.97 Å². The van der Waals surface area contributed by atoms with E-state index in [0.29, 0.717) is 10.8 Å². The highest BCUT2D eigenvalue weighted by atomic mass is 32.2. The molecule has 1 aromatic heterocycles. The molecule has 5 nitrogen and oxygen atoms in total. The molecule has 26 heavy (non-hydrogen) atoms. The van der Waals surface area contributed by atoms with Gasteiger partial charge in [-0.05, 0) is 48.9 Å². The highest BCUT2D eigenvalue weighted by Gasteiger charge is 2.30. The molecule has 0 unspecified atom stereocenters. The number of carbonyl (C=O) groups is 1. The van der Waals surface area contributed by atoms with E-state index in [0.717, 1.165) is 28.7 Å². The van der Waals surface area contributed by atoms with Crippen LogP contribution in [0.15, 0.2) is 47.6 Å². The number of alkyl halides is 3. The number of nitrogens with one attached hydrogen (secondary N) is 2. The van der Waals surface area contributed by atoms with Crippen LogP contribution in [0.2, 0.25) is 0 Å². The summed E-state index contributed by atoms with van der Waals surface area (Å²) in [6.45, 7) is 1.98. The van der Waals surface area contributed by atoms with E-state index >= 15 is 0 Å². The topological polar surface area (TPSA) is 67.0 Å². The number of fused-ring (bicyclic) bond motifs is 1. The van der Waals surface area contributed by atoms with Crippen LogP contribution < -0.4 is 10.1 Å². The molecule has 0 aliphatic heterocycles. The van der Waals surface area contributed by atoms with Crippen LogP contribution in [-0.4, -0.2) is 28.0 Å². The molecule has 0 spiro atoms. The average Bonchev–Trinajstić information content (AvgIpc) is 2.95. The lowest BCUT2D eigenvalue weighted by atomic mass is 10.2. The second-order valence-corrected chi connectivity index (χ2v) is 6.44. The maximum Gasteiger partial charge on any atom is 0.573 e. The van der Waals surface area contributed by atoms with E-state index in [1.807, 2.05) is 25.1 Å². The standard InChI is InChI=1S/C17H14F3N3O2S/c1-10-2-7-13-14(8-10)23-16(22-13)26-9-15(24)21-11-3-5-12(6-4-11)25-17(18,19)20/h2-8H,9H2,1H3,(H,21,24)(H,22,23). The second kappa shape index (κ2) is 7.28. The normalized spacial score (nSPS) is 11.5. The fraction of sp³-hybridized carbons (Fsp3) is 0.176. The fourth-order valence-corrected chi connectivity index (χ4v) is 2.92. The quantitative estimate of drug-likeness (QED) is 0.639. The molecule has 0 aliphatic carbocycles. The minimum atomic E-state index is -4.74. The number of benzene rings is 2. The third-order valence-corrected chi connectivity index (χ3v) is 4.20. The van der Waals surface area contributed by atoms with Gasteiger partial charge in [-0.1, -0.05) is 17.8 Å². The minimum Gasteiger partial charge on any atom is -0.406 e. The molecule has 9 heteroatoms. The van der Waals surface area contributed by atoms with E-state index < -0.39 is 6.36 Å². The molecule has 136 valence electrons. The van der Waals surface area contributed by atoms with Crippen molar-refractivity contribution < 1.29 is 22.7 Å². The fourth-order valence-electron chi connectivity index (χ4n) is 2.24. The number of hydrogen-bond donors (Lipinski definition) is 2. The molecule has 0 bridgehead atoms. The maximum atomic E-state index is 12.1. The summed E-state index contributed by atoms with van der Waals surface area (Å²) in [7, 11) is 0. The van der Waals surface area contributed by atoms with E-state index in [2.05, 4.69) is 20.0 Å². The Labute approximate surface area is 151 Å². The summed E-state index contributed by atoms with van der Waals surface area (Å²) in [4.78, 5) is 19.5. The molecular weight excluding hydrogens is 367 g/mol. The van der Waals surface area contributed by atoms with Crippen LogP contribution in [-0.2, 0) is 4.79 Å². The summed E-state index contributed by atoms with van der Waals surface area (Å²) in [6.07, 6.45) is -4.74. The Morgan fingerprint density at radius 1 is 1.23 bits per heavy atom. The molecule has 1 heterocycles. The van der Waals surface area contributed by atoms with Crippen molar-refractivity contribution in [2.45, 2.75) is 18.4 Å². The number of aryl methyl sites for hydroxylation is 1. The van der Waals surface area contributed by atoms with Crippen molar-refractivity contribution >= 4 is 34.4 Å². The molecule has 0 fully saturated rings. The number of nitrogens with zero attached hydrogens (tertiary/aromatic N) is 1. The molecule has 0 aliphatic rings. The largest absolute Gasteiger partial charge is 0.573 e. The minimum absolute atomic E-state index is 0.111. The van der Waals surface area contributed by atoms with Gasteiger partial charge in [0.2, 0.25) is 5.91 Å². The predicted molar refractivity (Wildman–Crippen MR) is 93.3 cm³/mol. The van der Waals surface area contributed by atoms with E-state index in [9.17, 15) is 18.0 Å². The highest BCUT2D eigenvalue weighted by molar-refractivity contribution is 7.99. The van der Waals surface area contributed by atoms with Gasteiger partial charge >= 0.3 is 6.36 Å². The first-order valence-electron chi connectivity index (χ1n) is 7.53. The molecule has 2 aromatic carbocycles. The summed E-state index contributed by atoms with van der Waals surface area (Å²) in [5.74, 6) is -0.529. The van der Waals surface area contributed by atoms with Crippen molar-refractivity contribution in [2.75, 3.05) is 11.1 Å². The number of H-pyrrole nitrogens is 1. The molecule has 3 rings (SSSR count). The van der Waals surface area contributed by atoms with Crippen LogP contribution in [0.5, 0.6) is 5.75 Å². The zero-order chi connectivity index (χ0) is 18.7. The van der Waals surface area contributed by atoms with Gasteiger partial charge in [-0.25, -0.2) is 4.98 Å². The lowest BCUT2D eigenvalue weighted by Crippen LogP contribution is -2.17. The second-order valence-electron chi connectivity index (χ2n) is 5.47. The summed E-state index contributed by atoms with van der Waals surface area (Å²) < 4.78 is 40.1. The van der Waals surface area contributed by atoms with Crippen molar-refractivity contribution in [2.24, 2.45) is 0 Å². The smallest absolute Gasteiger partial charge is 0.406 e. The first-order valence-corrected chi connectivity index (χ1v) is 8.52. The third kappa shape index (κ3) is 4.92. The Balaban J connectivity index is 1.54. The van der Waals surface area contributed by atoms with Gasteiger partial charge in [0.25, 0.3) is 0 Å². The summed E-state index contributed by atoms with van der Waals surface area (Å²) >= 11 is 1.24. The lowest BCUT2D eigenvalue weighted by Gasteiger charge is -2.09. The number of imidazole rings is 1. The number of anilines is 1. The van der Waals surface area contributed by atoms with E-state index in [1.165, 1.54) is 23.9 Å². The molecule has 0 atom stereocenters. The van der Waals surface area contributed by atoms with Crippen LogP contribution in [0.25, 0.3) is 11.0 Å². The summed E-state index contributed by atoms with van der Waals surface area (Å²) in [6, 6.07) is 10.8. The van der Waals surface area contributed by atoms with Crippen molar-refractivity contribution in [3.05, 3.63) is 48.0 Å². The number of carbonyl (C=O) groups excluding carboxylic acids is 1.